The van der Waals surface area contributed by atoms with Crippen molar-refractivity contribution in [3.63, 3.8) is 0 Å². The van der Waals surface area contributed by atoms with Crippen LogP contribution in [0, 0.1) is 6.92 Å². The number of anilines is 6. The molecule has 0 atom stereocenters. The predicted octanol–water partition coefficient (Wildman–Crippen LogP) is 3.38. The van der Waals surface area contributed by atoms with Gasteiger partial charge in [-0.3, -0.25) is 4.72 Å². The highest BCUT2D eigenvalue weighted by molar-refractivity contribution is 7.92. The summed E-state index contributed by atoms with van der Waals surface area (Å²) in [5, 5.41) is 7.62. The third kappa shape index (κ3) is 7.04. The first-order valence-corrected chi connectivity index (χ1v) is 14.4. The molecule has 232 valence electrons. The van der Waals surface area contributed by atoms with E-state index in [2.05, 4.69) is 29.7 Å². The van der Waals surface area contributed by atoms with Crippen molar-refractivity contribution in [2.24, 2.45) is 0 Å². The van der Waals surface area contributed by atoms with E-state index in [9.17, 15) is 8.42 Å². The van der Waals surface area contributed by atoms with Crippen molar-refractivity contribution in [1.82, 2.24) is 15.1 Å². The lowest BCUT2D eigenvalue weighted by Gasteiger charge is -2.16. The van der Waals surface area contributed by atoms with Gasteiger partial charge in [0.05, 0.1) is 31.7 Å². The minimum absolute atomic E-state index is 0.0272. The molecule has 3 aromatic carbocycles. The van der Waals surface area contributed by atoms with Gasteiger partial charge in [0.1, 0.15) is 5.82 Å². The molecule has 0 radical (unpaired) electrons. The lowest BCUT2D eigenvalue weighted by Crippen LogP contribution is -2.13. The van der Waals surface area contributed by atoms with E-state index in [0.717, 1.165) is 27.7 Å². The Morgan fingerprint density at radius 1 is 0.864 bits per heavy atom. The van der Waals surface area contributed by atoms with Crippen LogP contribution in [0.2, 0.25) is 0 Å². The predicted molar refractivity (Wildman–Crippen MR) is 169 cm³/mol. The molecule has 0 spiro atoms. The van der Waals surface area contributed by atoms with E-state index in [0.29, 0.717) is 35.3 Å². The Kier molecular flexibility index (Phi) is 9.33. The number of benzene rings is 3. The van der Waals surface area contributed by atoms with Crippen LogP contribution in [0.1, 0.15) is 11.1 Å². The van der Waals surface area contributed by atoms with Crippen LogP contribution in [0.25, 0.3) is 10.9 Å². The van der Waals surface area contributed by atoms with Crippen LogP contribution in [0.3, 0.4) is 0 Å². The summed E-state index contributed by atoms with van der Waals surface area (Å²) in [6, 6.07) is 14.6. The monoisotopic (exact) mass is 623 g/mol. The molecule has 0 fully saturated rings. The van der Waals surface area contributed by atoms with Gasteiger partial charge in [-0.15, -0.1) is 0 Å². The largest absolute Gasteiger partial charge is 0.493 e. The number of aromatic nitrogens is 3. The van der Waals surface area contributed by atoms with Crippen LogP contribution < -0.4 is 47.2 Å². The zero-order chi connectivity index (χ0) is 32.0. The van der Waals surface area contributed by atoms with Crippen LogP contribution in [0.5, 0.6) is 17.2 Å². The summed E-state index contributed by atoms with van der Waals surface area (Å²) in [6.07, 6.45) is 0. The van der Waals surface area contributed by atoms with Crippen LogP contribution in [-0.2, 0) is 16.6 Å². The van der Waals surface area contributed by atoms with E-state index in [1.807, 2.05) is 31.2 Å². The lowest BCUT2D eigenvalue weighted by molar-refractivity contribution is 0.324. The van der Waals surface area contributed by atoms with Gasteiger partial charge >= 0.3 is 0 Å². The van der Waals surface area contributed by atoms with Gasteiger partial charge in [0.2, 0.25) is 17.6 Å². The molecule has 0 unspecified atom stereocenters. The summed E-state index contributed by atoms with van der Waals surface area (Å²) in [4.78, 5) is 8.38. The van der Waals surface area contributed by atoms with Gasteiger partial charge in [0.25, 0.3) is 10.0 Å². The highest BCUT2D eigenvalue weighted by Crippen LogP contribution is 2.40. The molecule has 10 N–H and O–H groups in total. The summed E-state index contributed by atoms with van der Waals surface area (Å²) < 4.78 is 46.6. The maximum atomic E-state index is 11.8. The fourth-order valence-corrected chi connectivity index (χ4v) is 5.22. The van der Waals surface area contributed by atoms with Crippen LogP contribution in [0.4, 0.5) is 34.8 Å². The second-order valence-electron chi connectivity index (χ2n) is 9.27. The number of hydrogen-bond acceptors (Lipinski definition) is 14. The average molecular weight is 624 g/mol. The fraction of sp³-hybridized carbons (Fsp3) is 0.179. The van der Waals surface area contributed by atoms with Gasteiger partial charge in [0, 0.05) is 41.5 Å². The number of nitrogens with one attached hydrogen (secondary N) is 2. The Morgan fingerprint density at radius 2 is 1.52 bits per heavy atom. The maximum Gasteiger partial charge on any atom is 0.263 e. The van der Waals surface area contributed by atoms with E-state index >= 15 is 0 Å². The van der Waals surface area contributed by atoms with Crippen molar-refractivity contribution in [1.29, 1.82) is 0 Å². The number of nitrogens with two attached hydrogens (primary N) is 4. The smallest absolute Gasteiger partial charge is 0.263 e. The molecule has 0 amide bonds. The van der Waals surface area contributed by atoms with Gasteiger partial charge in [-0.05, 0) is 48.4 Å². The Labute approximate surface area is 253 Å². The van der Waals surface area contributed by atoms with E-state index in [-0.39, 0.29) is 22.5 Å². The van der Waals surface area contributed by atoms with Crippen molar-refractivity contribution in [2.75, 3.05) is 54.3 Å². The second kappa shape index (κ2) is 13.1. The summed E-state index contributed by atoms with van der Waals surface area (Å²) >= 11 is 0. The first kappa shape index (κ1) is 31.3. The van der Waals surface area contributed by atoms with Gasteiger partial charge in [-0.1, -0.05) is 11.2 Å². The number of fused-ring (bicyclic) bond motifs is 1. The Bertz CT molecular complexity index is 1850. The molecule has 0 saturated carbocycles. The van der Waals surface area contributed by atoms with Crippen LogP contribution in [0.15, 0.2) is 64.0 Å². The number of sulfonamides is 1. The molecular formula is C28H33N9O6S. The third-order valence-electron chi connectivity index (χ3n) is 6.39. The van der Waals surface area contributed by atoms with Gasteiger partial charge in [-0.25, -0.2) is 13.4 Å². The van der Waals surface area contributed by atoms with Crippen molar-refractivity contribution in [3.8, 4) is 17.2 Å². The van der Waals surface area contributed by atoms with Gasteiger partial charge in [0.15, 0.2) is 17.3 Å². The van der Waals surface area contributed by atoms with Gasteiger partial charge < -0.3 is 47.0 Å². The number of rotatable bonds is 9. The summed E-state index contributed by atoms with van der Waals surface area (Å²) in [6.45, 7) is 2.56. The number of methoxy groups -OCH3 is 3. The maximum absolute atomic E-state index is 11.8. The number of aryl methyl sites for hydroxylation is 1. The van der Waals surface area contributed by atoms with Crippen molar-refractivity contribution in [3.05, 3.63) is 65.7 Å². The van der Waals surface area contributed by atoms with Gasteiger partial charge in [-0.2, -0.15) is 4.98 Å². The molecular weight excluding hydrogens is 590 g/mol. The van der Waals surface area contributed by atoms with E-state index in [4.69, 9.17) is 37.1 Å². The zero-order valence-electron chi connectivity index (χ0n) is 24.4. The first-order chi connectivity index (χ1) is 20.9. The summed E-state index contributed by atoms with van der Waals surface area (Å²) in [5.41, 5.74) is 26.6. The van der Waals surface area contributed by atoms with E-state index in [1.54, 1.807) is 21.3 Å². The zero-order valence-corrected chi connectivity index (χ0v) is 25.2. The normalized spacial score (nSPS) is 10.9. The number of ether oxygens (including phenoxy) is 3. The molecule has 0 aliphatic rings. The SMILES string of the molecule is COc1cc(NCc2ccc3nc(N)nc(N)c3c2C)cc(OC)c1OC.Nc1ccc(S(=O)(=O)Nc2cc(N)on2)cc1. The standard InChI is InChI=1S/C19H23N5O3.C9H10N4O3S/c1-10-11(5-6-13-16(10)18(20)24-19(21)23-13)9-22-12-7-14(25-2)17(27-4)15(8-12)26-3;10-6-1-3-7(4-2-6)17(14,15)13-9-5-8(11)16-12-9/h5-8,22H,9H2,1-4H3,(H4,20,21,23,24);1-5H,10-11H2,(H,12,13). The molecule has 0 aliphatic carbocycles. The summed E-state index contributed by atoms with van der Waals surface area (Å²) in [5.74, 6) is 2.33. The first-order valence-electron chi connectivity index (χ1n) is 12.9. The Balaban J connectivity index is 0.000000223. The molecule has 16 heteroatoms. The van der Waals surface area contributed by atoms with Crippen molar-refractivity contribution in [2.45, 2.75) is 18.4 Å². The molecule has 44 heavy (non-hydrogen) atoms. The highest BCUT2D eigenvalue weighted by Gasteiger charge is 2.16. The average Bonchev–Trinajstić information content (AvgIpc) is 3.39. The summed E-state index contributed by atoms with van der Waals surface area (Å²) in [7, 11) is 1.05. The number of hydrogen-bond donors (Lipinski definition) is 6. The molecule has 2 heterocycles. The Morgan fingerprint density at radius 3 is 2.09 bits per heavy atom. The van der Waals surface area contributed by atoms with Crippen molar-refractivity contribution >= 4 is 55.8 Å². The Hall–Kier alpha value is -5.64. The molecule has 0 saturated heterocycles. The lowest BCUT2D eigenvalue weighted by atomic mass is 10.0. The van der Waals surface area contributed by atoms with Crippen molar-refractivity contribution < 1.29 is 27.2 Å². The molecule has 15 nitrogen and oxygen atoms in total. The molecule has 5 rings (SSSR count). The van der Waals surface area contributed by atoms with Crippen LogP contribution >= 0.6 is 0 Å². The minimum atomic E-state index is -3.70. The van der Waals surface area contributed by atoms with E-state index in [1.165, 1.54) is 30.3 Å². The van der Waals surface area contributed by atoms with E-state index < -0.39 is 10.0 Å². The molecule has 0 aliphatic heterocycles. The van der Waals surface area contributed by atoms with Crippen LogP contribution in [-0.4, -0.2) is 44.9 Å². The third-order valence-corrected chi connectivity index (χ3v) is 7.76. The molecule has 0 bridgehead atoms. The quantitative estimate of drug-likeness (QED) is 0.129. The molecule has 5 aromatic rings. The molecule has 2 aromatic heterocycles. The second-order valence-corrected chi connectivity index (χ2v) is 10.9. The topological polar surface area (TPSA) is 242 Å². The highest BCUT2D eigenvalue weighted by atomic mass is 32.2. The minimum Gasteiger partial charge on any atom is -0.493 e. The number of nitrogens with zero attached hydrogens (tertiary/aromatic N) is 3. The number of nitrogen functional groups attached to an aromatic ring is 4. The fourth-order valence-electron chi connectivity index (χ4n) is 4.24.